The molecule has 1 heterocycles. The van der Waals surface area contributed by atoms with Gasteiger partial charge in [0.15, 0.2) is 0 Å². The second-order valence-corrected chi connectivity index (χ2v) is 6.62. The van der Waals surface area contributed by atoms with Gasteiger partial charge >= 0.3 is 0 Å². The van der Waals surface area contributed by atoms with Crippen LogP contribution in [0.3, 0.4) is 0 Å². The van der Waals surface area contributed by atoms with Gasteiger partial charge < -0.3 is 20.1 Å². The van der Waals surface area contributed by atoms with E-state index in [0.717, 1.165) is 0 Å². The Bertz CT molecular complexity index is 1180. The van der Waals surface area contributed by atoms with Crippen LogP contribution in [0.4, 0.5) is 22.7 Å². The molecule has 0 saturated heterocycles. The van der Waals surface area contributed by atoms with Crippen LogP contribution < -0.4 is 20.1 Å². The van der Waals surface area contributed by atoms with Crippen molar-refractivity contribution in [3.05, 3.63) is 86.2 Å². The molecule has 3 aromatic rings. The number of nitro benzene ring substituents is 2. The standard InChI is InChI=1S/C21H17N5O8/c1-33-18-9-13(25(29)30)4-7-15(18)23-20(27)12-3-6-17(22-11-12)21(28)24-16-8-5-14(26(31)32)10-19(16)34-2/h3-11H,1-2H3,(H,23,27)(H,24,28). The molecule has 13 nitrogen and oxygen atoms in total. The van der Waals surface area contributed by atoms with Crippen molar-refractivity contribution in [3.8, 4) is 11.5 Å². The number of pyridine rings is 1. The second-order valence-electron chi connectivity index (χ2n) is 6.62. The molecule has 0 aliphatic heterocycles. The molecule has 0 aliphatic rings. The molecule has 0 radical (unpaired) electrons. The largest absolute Gasteiger partial charge is 0.494 e. The van der Waals surface area contributed by atoms with Crippen molar-refractivity contribution in [2.24, 2.45) is 0 Å². The average molecular weight is 467 g/mol. The molecule has 3 rings (SSSR count). The van der Waals surface area contributed by atoms with E-state index in [2.05, 4.69) is 15.6 Å². The minimum atomic E-state index is -0.629. The Kier molecular flexibility index (Phi) is 6.96. The monoisotopic (exact) mass is 467 g/mol. The Balaban J connectivity index is 1.72. The number of aromatic nitrogens is 1. The third-order valence-corrected chi connectivity index (χ3v) is 4.55. The summed E-state index contributed by atoms with van der Waals surface area (Å²) in [7, 11) is 2.61. The SMILES string of the molecule is COc1cc([N+](=O)[O-])ccc1NC(=O)c1ccc(C(=O)Nc2ccc([N+](=O)[O-])cc2OC)nc1. The molecule has 0 saturated carbocycles. The Labute approximate surface area is 191 Å². The van der Waals surface area contributed by atoms with Gasteiger partial charge in [-0.15, -0.1) is 0 Å². The highest BCUT2D eigenvalue weighted by atomic mass is 16.6. The van der Waals surface area contributed by atoms with Crippen molar-refractivity contribution in [2.75, 3.05) is 24.9 Å². The Morgan fingerprint density at radius 3 is 1.71 bits per heavy atom. The summed E-state index contributed by atoms with van der Waals surface area (Å²) >= 11 is 0. The molecule has 0 atom stereocenters. The number of benzene rings is 2. The highest BCUT2D eigenvalue weighted by molar-refractivity contribution is 6.06. The van der Waals surface area contributed by atoms with Crippen LogP contribution in [0.5, 0.6) is 11.5 Å². The van der Waals surface area contributed by atoms with Crippen molar-refractivity contribution in [2.45, 2.75) is 0 Å². The number of nitro groups is 2. The quantitative estimate of drug-likeness (QED) is 0.371. The molecule has 2 N–H and O–H groups in total. The summed E-state index contributed by atoms with van der Waals surface area (Å²) in [5.74, 6) is -1.01. The van der Waals surface area contributed by atoms with Gasteiger partial charge in [0.05, 0.1) is 53.1 Å². The van der Waals surface area contributed by atoms with Crippen LogP contribution in [-0.2, 0) is 0 Å². The van der Waals surface area contributed by atoms with Gasteiger partial charge in [-0.3, -0.25) is 34.8 Å². The average Bonchev–Trinajstić information content (AvgIpc) is 2.84. The van der Waals surface area contributed by atoms with Crippen molar-refractivity contribution in [1.29, 1.82) is 0 Å². The number of ether oxygens (including phenoxy) is 2. The first-order valence-corrected chi connectivity index (χ1v) is 9.47. The fourth-order valence-corrected chi connectivity index (χ4v) is 2.84. The van der Waals surface area contributed by atoms with Crippen LogP contribution in [0.25, 0.3) is 0 Å². The molecule has 34 heavy (non-hydrogen) atoms. The number of non-ortho nitro benzene ring substituents is 2. The van der Waals surface area contributed by atoms with Crippen LogP contribution in [0.15, 0.2) is 54.7 Å². The lowest BCUT2D eigenvalue weighted by molar-refractivity contribution is -0.385. The van der Waals surface area contributed by atoms with Crippen LogP contribution in [0.2, 0.25) is 0 Å². The number of amides is 2. The third-order valence-electron chi connectivity index (χ3n) is 4.55. The molecular weight excluding hydrogens is 450 g/mol. The number of nitrogens with one attached hydrogen (secondary N) is 2. The minimum Gasteiger partial charge on any atom is -0.494 e. The number of carbonyl (C=O) groups is 2. The maximum Gasteiger partial charge on any atom is 0.274 e. The van der Waals surface area contributed by atoms with Gasteiger partial charge in [0.25, 0.3) is 23.2 Å². The zero-order chi connectivity index (χ0) is 24.8. The molecule has 0 fully saturated rings. The molecule has 2 aromatic carbocycles. The van der Waals surface area contributed by atoms with Crippen molar-refractivity contribution < 1.29 is 28.9 Å². The summed E-state index contributed by atoms with van der Waals surface area (Å²) in [6, 6.07) is 10.1. The van der Waals surface area contributed by atoms with Crippen LogP contribution in [-0.4, -0.2) is 40.9 Å². The highest BCUT2D eigenvalue weighted by Gasteiger charge is 2.17. The van der Waals surface area contributed by atoms with Crippen molar-refractivity contribution >= 4 is 34.6 Å². The molecule has 0 bridgehead atoms. The summed E-state index contributed by atoms with van der Waals surface area (Å²) in [4.78, 5) is 49.6. The van der Waals surface area contributed by atoms with Gasteiger partial charge in [-0.2, -0.15) is 0 Å². The highest BCUT2D eigenvalue weighted by Crippen LogP contribution is 2.30. The maximum atomic E-state index is 12.5. The summed E-state index contributed by atoms with van der Waals surface area (Å²) < 4.78 is 10.2. The smallest absolute Gasteiger partial charge is 0.274 e. The lowest BCUT2D eigenvalue weighted by Gasteiger charge is -2.11. The van der Waals surface area contributed by atoms with Crippen molar-refractivity contribution in [3.63, 3.8) is 0 Å². The number of rotatable bonds is 8. The maximum absolute atomic E-state index is 12.5. The fourth-order valence-electron chi connectivity index (χ4n) is 2.84. The number of methoxy groups -OCH3 is 2. The minimum absolute atomic E-state index is 0.0233. The summed E-state index contributed by atoms with van der Waals surface area (Å²) in [6.45, 7) is 0. The third kappa shape index (κ3) is 5.21. The van der Waals surface area contributed by atoms with E-state index in [1.54, 1.807) is 0 Å². The normalized spacial score (nSPS) is 10.2. The van der Waals surface area contributed by atoms with Crippen LogP contribution in [0.1, 0.15) is 20.8 Å². The van der Waals surface area contributed by atoms with Gasteiger partial charge in [0, 0.05) is 18.3 Å². The summed E-state index contributed by atoms with van der Waals surface area (Å²) in [6.07, 6.45) is 1.18. The van der Waals surface area contributed by atoms with Gasteiger partial charge in [0.1, 0.15) is 17.2 Å². The first-order valence-electron chi connectivity index (χ1n) is 9.47. The number of hydrogen-bond acceptors (Lipinski definition) is 9. The first-order chi connectivity index (χ1) is 16.2. The van der Waals surface area contributed by atoms with E-state index in [-0.39, 0.29) is 45.5 Å². The van der Waals surface area contributed by atoms with Gasteiger partial charge in [0.2, 0.25) is 0 Å². The first kappa shape index (κ1) is 23.6. The van der Waals surface area contributed by atoms with E-state index in [1.807, 2.05) is 0 Å². The molecule has 0 unspecified atom stereocenters. The number of nitrogens with zero attached hydrogens (tertiary/aromatic N) is 3. The van der Waals surface area contributed by atoms with E-state index in [4.69, 9.17) is 9.47 Å². The topological polar surface area (TPSA) is 176 Å². The lowest BCUT2D eigenvalue weighted by atomic mass is 10.2. The number of hydrogen-bond donors (Lipinski definition) is 2. The predicted molar refractivity (Wildman–Crippen MR) is 119 cm³/mol. The van der Waals surface area contributed by atoms with Crippen molar-refractivity contribution in [1.82, 2.24) is 4.98 Å². The van der Waals surface area contributed by atoms with Crippen LogP contribution >= 0.6 is 0 Å². The molecule has 13 heteroatoms. The fraction of sp³-hybridized carbons (Fsp3) is 0.0952. The van der Waals surface area contributed by atoms with E-state index >= 15 is 0 Å². The number of carbonyl (C=O) groups excluding carboxylic acids is 2. The second kappa shape index (κ2) is 10.0. The van der Waals surface area contributed by atoms with E-state index in [9.17, 15) is 29.8 Å². The van der Waals surface area contributed by atoms with E-state index in [0.29, 0.717) is 0 Å². The Morgan fingerprint density at radius 2 is 1.29 bits per heavy atom. The Hall–Kier alpha value is -5.07. The molecule has 1 aromatic heterocycles. The molecule has 2 amide bonds. The van der Waals surface area contributed by atoms with Crippen LogP contribution in [0, 0.1) is 20.2 Å². The zero-order valence-electron chi connectivity index (χ0n) is 17.8. The zero-order valence-corrected chi connectivity index (χ0v) is 17.8. The van der Waals surface area contributed by atoms with Gasteiger partial charge in [-0.05, 0) is 24.3 Å². The molecule has 174 valence electrons. The van der Waals surface area contributed by atoms with Gasteiger partial charge in [-0.1, -0.05) is 0 Å². The van der Waals surface area contributed by atoms with Gasteiger partial charge in [-0.25, -0.2) is 0 Å². The summed E-state index contributed by atoms with van der Waals surface area (Å²) in [5, 5.41) is 26.9. The molecule has 0 spiro atoms. The van der Waals surface area contributed by atoms with E-state index in [1.165, 1.54) is 68.9 Å². The molecule has 0 aliphatic carbocycles. The van der Waals surface area contributed by atoms with E-state index < -0.39 is 21.7 Å². The Morgan fingerprint density at radius 1 is 0.794 bits per heavy atom. The predicted octanol–water partition coefficient (Wildman–Crippen LogP) is 3.42. The molecular formula is C21H17N5O8. The summed E-state index contributed by atoms with van der Waals surface area (Å²) in [5.41, 5.74) is 0.108. The number of anilines is 2. The lowest BCUT2D eigenvalue weighted by Crippen LogP contribution is -2.16.